The first-order chi connectivity index (χ1) is 13.0. The molecular formula is C20H21BrN4O2. The SMILES string of the molecule is CC(=O)NCCCc1nc2ccccc2n1CC(=O)Nc1ccc(Br)cc1. The van der Waals surface area contributed by atoms with Crippen LogP contribution in [0.15, 0.2) is 53.0 Å². The van der Waals surface area contributed by atoms with Gasteiger partial charge in [-0.1, -0.05) is 28.1 Å². The number of anilines is 1. The minimum atomic E-state index is -0.108. The number of imidazole rings is 1. The summed E-state index contributed by atoms with van der Waals surface area (Å²) >= 11 is 3.38. The van der Waals surface area contributed by atoms with Crippen molar-refractivity contribution in [2.75, 3.05) is 11.9 Å². The highest BCUT2D eigenvalue weighted by Crippen LogP contribution is 2.18. The highest BCUT2D eigenvalue weighted by Gasteiger charge is 2.13. The van der Waals surface area contributed by atoms with Gasteiger partial charge in [0, 0.05) is 30.0 Å². The Balaban J connectivity index is 1.74. The summed E-state index contributed by atoms with van der Waals surface area (Å²) in [5.74, 6) is 0.688. The Bertz CT molecular complexity index is 950. The van der Waals surface area contributed by atoms with Crippen molar-refractivity contribution < 1.29 is 9.59 Å². The number of nitrogens with one attached hydrogen (secondary N) is 2. The van der Waals surface area contributed by atoms with E-state index in [-0.39, 0.29) is 18.4 Å². The largest absolute Gasteiger partial charge is 0.356 e. The molecule has 3 rings (SSSR count). The van der Waals surface area contributed by atoms with Gasteiger partial charge in [-0.2, -0.15) is 0 Å². The Morgan fingerprint density at radius 3 is 2.59 bits per heavy atom. The molecule has 0 saturated carbocycles. The van der Waals surface area contributed by atoms with Gasteiger partial charge < -0.3 is 15.2 Å². The minimum Gasteiger partial charge on any atom is -0.356 e. The zero-order valence-corrected chi connectivity index (χ0v) is 16.6. The highest BCUT2D eigenvalue weighted by atomic mass is 79.9. The van der Waals surface area contributed by atoms with E-state index in [0.717, 1.165) is 33.4 Å². The molecule has 0 radical (unpaired) electrons. The third kappa shape index (κ3) is 5.17. The van der Waals surface area contributed by atoms with Crippen LogP contribution in [0.2, 0.25) is 0 Å². The van der Waals surface area contributed by atoms with Gasteiger partial charge in [0.25, 0.3) is 0 Å². The van der Waals surface area contributed by atoms with Crippen molar-refractivity contribution in [1.82, 2.24) is 14.9 Å². The quantitative estimate of drug-likeness (QED) is 0.565. The number of amides is 2. The summed E-state index contributed by atoms with van der Waals surface area (Å²) in [6.45, 7) is 2.28. The first-order valence-corrected chi connectivity index (χ1v) is 9.56. The summed E-state index contributed by atoms with van der Waals surface area (Å²) in [5.41, 5.74) is 2.54. The van der Waals surface area contributed by atoms with Gasteiger partial charge in [-0.05, 0) is 42.8 Å². The number of fused-ring (bicyclic) bond motifs is 1. The molecule has 1 heterocycles. The molecule has 0 aliphatic heterocycles. The second-order valence-corrected chi connectivity index (χ2v) is 7.16. The fraction of sp³-hybridized carbons (Fsp3) is 0.250. The van der Waals surface area contributed by atoms with E-state index in [1.165, 1.54) is 6.92 Å². The summed E-state index contributed by atoms with van der Waals surface area (Å²) in [5, 5.41) is 5.70. The van der Waals surface area contributed by atoms with E-state index in [4.69, 9.17) is 0 Å². The molecule has 1 aromatic heterocycles. The van der Waals surface area contributed by atoms with Gasteiger partial charge in [-0.3, -0.25) is 9.59 Å². The van der Waals surface area contributed by atoms with Crippen LogP contribution in [0.1, 0.15) is 19.2 Å². The summed E-state index contributed by atoms with van der Waals surface area (Å²) in [6.07, 6.45) is 1.44. The lowest BCUT2D eigenvalue weighted by molar-refractivity contribution is -0.119. The van der Waals surface area contributed by atoms with Crippen molar-refractivity contribution in [2.24, 2.45) is 0 Å². The zero-order valence-electron chi connectivity index (χ0n) is 15.0. The number of nitrogens with zero attached hydrogens (tertiary/aromatic N) is 2. The second-order valence-electron chi connectivity index (χ2n) is 6.24. The predicted octanol–water partition coefficient (Wildman–Crippen LogP) is 3.51. The predicted molar refractivity (Wildman–Crippen MR) is 110 cm³/mol. The molecule has 7 heteroatoms. The Hall–Kier alpha value is -2.67. The molecule has 0 atom stereocenters. The number of para-hydroxylation sites is 2. The molecule has 2 N–H and O–H groups in total. The lowest BCUT2D eigenvalue weighted by Crippen LogP contribution is -2.23. The first-order valence-electron chi connectivity index (χ1n) is 8.77. The molecule has 0 saturated heterocycles. The Kier molecular flexibility index (Phi) is 6.24. The monoisotopic (exact) mass is 428 g/mol. The molecule has 0 spiro atoms. The van der Waals surface area contributed by atoms with Crippen LogP contribution in [0.25, 0.3) is 11.0 Å². The van der Waals surface area contributed by atoms with Gasteiger partial charge in [0.15, 0.2) is 0 Å². The number of hydrogen-bond acceptors (Lipinski definition) is 3. The Morgan fingerprint density at radius 2 is 1.85 bits per heavy atom. The maximum atomic E-state index is 12.6. The van der Waals surface area contributed by atoms with Gasteiger partial charge in [-0.15, -0.1) is 0 Å². The average molecular weight is 429 g/mol. The minimum absolute atomic E-state index is 0.0441. The summed E-state index contributed by atoms with van der Waals surface area (Å²) in [7, 11) is 0. The molecule has 0 unspecified atom stereocenters. The smallest absolute Gasteiger partial charge is 0.244 e. The number of halogens is 1. The van der Waals surface area contributed by atoms with E-state index in [1.54, 1.807) is 0 Å². The van der Waals surface area contributed by atoms with E-state index < -0.39 is 0 Å². The fourth-order valence-corrected chi connectivity index (χ4v) is 3.15. The molecule has 2 aromatic carbocycles. The lowest BCUT2D eigenvalue weighted by Gasteiger charge is -2.10. The molecule has 0 aliphatic rings. The van der Waals surface area contributed by atoms with Gasteiger partial charge >= 0.3 is 0 Å². The molecule has 6 nitrogen and oxygen atoms in total. The Labute approximate surface area is 166 Å². The molecule has 2 amide bonds. The molecule has 3 aromatic rings. The number of benzene rings is 2. The van der Waals surface area contributed by atoms with Crippen LogP contribution in [-0.4, -0.2) is 27.9 Å². The van der Waals surface area contributed by atoms with Crippen molar-refractivity contribution in [3.05, 3.63) is 58.8 Å². The summed E-state index contributed by atoms with van der Waals surface area (Å²) in [4.78, 5) is 28.2. The Morgan fingerprint density at radius 1 is 1.11 bits per heavy atom. The molecular weight excluding hydrogens is 408 g/mol. The van der Waals surface area contributed by atoms with Crippen LogP contribution in [0.3, 0.4) is 0 Å². The lowest BCUT2D eigenvalue weighted by atomic mass is 10.3. The average Bonchev–Trinajstić information content (AvgIpc) is 2.98. The molecule has 0 fully saturated rings. The van der Waals surface area contributed by atoms with Crippen molar-refractivity contribution >= 4 is 44.5 Å². The van der Waals surface area contributed by atoms with Gasteiger partial charge in [0.05, 0.1) is 11.0 Å². The van der Waals surface area contributed by atoms with Crippen LogP contribution in [0, 0.1) is 0 Å². The maximum absolute atomic E-state index is 12.6. The molecule has 0 bridgehead atoms. The number of rotatable bonds is 7. The van der Waals surface area contributed by atoms with Crippen LogP contribution >= 0.6 is 15.9 Å². The van der Waals surface area contributed by atoms with Crippen molar-refractivity contribution in [3.63, 3.8) is 0 Å². The standard InChI is InChI=1S/C20H21BrN4O2/c1-14(26)22-12-4-7-19-24-17-5-2-3-6-18(17)25(19)13-20(27)23-16-10-8-15(21)9-11-16/h2-3,5-6,8-11H,4,7,12-13H2,1H3,(H,22,26)(H,23,27). The van der Waals surface area contributed by atoms with E-state index in [0.29, 0.717) is 13.0 Å². The number of hydrogen-bond donors (Lipinski definition) is 2. The maximum Gasteiger partial charge on any atom is 0.244 e. The molecule has 0 aliphatic carbocycles. The van der Waals surface area contributed by atoms with E-state index in [1.807, 2.05) is 53.1 Å². The van der Waals surface area contributed by atoms with E-state index >= 15 is 0 Å². The normalized spacial score (nSPS) is 10.7. The van der Waals surface area contributed by atoms with Crippen molar-refractivity contribution in [1.29, 1.82) is 0 Å². The van der Waals surface area contributed by atoms with Gasteiger partial charge in [0.2, 0.25) is 11.8 Å². The third-order valence-corrected chi connectivity index (χ3v) is 4.64. The number of carbonyl (C=O) groups is 2. The van der Waals surface area contributed by atoms with Crippen molar-refractivity contribution in [3.8, 4) is 0 Å². The fourth-order valence-electron chi connectivity index (χ4n) is 2.88. The van der Waals surface area contributed by atoms with Crippen LogP contribution in [0.5, 0.6) is 0 Å². The zero-order chi connectivity index (χ0) is 19.2. The van der Waals surface area contributed by atoms with Gasteiger partial charge in [0.1, 0.15) is 12.4 Å². The van der Waals surface area contributed by atoms with Gasteiger partial charge in [-0.25, -0.2) is 4.98 Å². The van der Waals surface area contributed by atoms with E-state index in [2.05, 4.69) is 31.5 Å². The first kappa shape index (κ1) is 19.1. The van der Waals surface area contributed by atoms with Crippen LogP contribution < -0.4 is 10.6 Å². The summed E-state index contributed by atoms with van der Waals surface area (Å²) in [6, 6.07) is 15.2. The number of aromatic nitrogens is 2. The summed E-state index contributed by atoms with van der Waals surface area (Å²) < 4.78 is 2.90. The van der Waals surface area contributed by atoms with Crippen LogP contribution in [0.4, 0.5) is 5.69 Å². The number of aryl methyl sites for hydroxylation is 1. The van der Waals surface area contributed by atoms with Crippen molar-refractivity contribution in [2.45, 2.75) is 26.3 Å². The molecule has 140 valence electrons. The topological polar surface area (TPSA) is 76.0 Å². The van der Waals surface area contributed by atoms with E-state index in [9.17, 15) is 9.59 Å². The van der Waals surface area contributed by atoms with Crippen LogP contribution in [-0.2, 0) is 22.6 Å². The molecule has 27 heavy (non-hydrogen) atoms. The second kappa shape index (κ2) is 8.81. The number of carbonyl (C=O) groups excluding carboxylic acids is 2. The highest BCUT2D eigenvalue weighted by molar-refractivity contribution is 9.10. The third-order valence-electron chi connectivity index (χ3n) is 4.11.